The lowest BCUT2D eigenvalue weighted by Gasteiger charge is -2.19. The zero-order chi connectivity index (χ0) is 9.15. The van der Waals surface area contributed by atoms with Gasteiger partial charge in [0.1, 0.15) is 0 Å². The number of hydrogen-bond acceptors (Lipinski definition) is 2. The van der Waals surface area contributed by atoms with Crippen LogP contribution in [0, 0.1) is 0 Å². The minimum absolute atomic E-state index is 0.508. The third kappa shape index (κ3) is 2.96. The molecule has 76 valence electrons. The van der Waals surface area contributed by atoms with E-state index in [4.69, 9.17) is 0 Å². The molecule has 0 spiro atoms. The summed E-state index contributed by atoms with van der Waals surface area (Å²) >= 11 is 0. The topological polar surface area (TPSA) is 24.1 Å². The van der Waals surface area contributed by atoms with E-state index in [1.165, 1.54) is 51.6 Å². The Morgan fingerprint density at radius 1 is 1.31 bits per heavy atom. The molecule has 13 heavy (non-hydrogen) atoms. The summed E-state index contributed by atoms with van der Waals surface area (Å²) in [6.45, 7) is 4.74. The second-order valence-corrected chi connectivity index (χ2v) is 4.94. The molecule has 0 radical (unpaired) electrons. The van der Waals surface area contributed by atoms with Crippen LogP contribution in [0.1, 0.15) is 45.4 Å². The minimum atomic E-state index is 0.508. The van der Waals surface area contributed by atoms with Gasteiger partial charge in [0.05, 0.1) is 0 Å². The van der Waals surface area contributed by atoms with Crippen molar-refractivity contribution in [3.8, 4) is 0 Å². The zero-order valence-electron chi connectivity index (χ0n) is 8.73. The first-order chi connectivity index (χ1) is 6.29. The molecule has 2 nitrogen and oxygen atoms in total. The van der Waals surface area contributed by atoms with E-state index in [2.05, 4.69) is 17.6 Å². The highest BCUT2D eigenvalue weighted by atomic mass is 15.1. The number of rotatable bonds is 3. The fourth-order valence-corrected chi connectivity index (χ4v) is 2.01. The van der Waals surface area contributed by atoms with Gasteiger partial charge in [-0.05, 0) is 39.2 Å². The summed E-state index contributed by atoms with van der Waals surface area (Å²) in [6, 6.07) is 0.736. The third-order valence-corrected chi connectivity index (χ3v) is 3.44. The predicted molar refractivity (Wildman–Crippen MR) is 55.9 cm³/mol. The Morgan fingerprint density at radius 2 is 2.15 bits per heavy atom. The van der Waals surface area contributed by atoms with Crippen molar-refractivity contribution >= 4 is 0 Å². The molecule has 2 aliphatic rings. The molecule has 2 rings (SSSR count). The SMILES string of the molecule is CC1(NCC2CCCCCN2)CC1. The monoisotopic (exact) mass is 182 g/mol. The van der Waals surface area contributed by atoms with E-state index in [1.54, 1.807) is 0 Å². The van der Waals surface area contributed by atoms with Crippen LogP contribution in [0.4, 0.5) is 0 Å². The van der Waals surface area contributed by atoms with Crippen molar-refractivity contribution < 1.29 is 0 Å². The van der Waals surface area contributed by atoms with Crippen LogP contribution in [0.3, 0.4) is 0 Å². The predicted octanol–water partition coefficient (Wildman–Crippen LogP) is 1.66. The summed E-state index contributed by atoms with van der Waals surface area (Å²) < 4.78 is 0. The van der Waals surface area contributed by atoms with Crippen LogP contribution in [0.25, 0.3) is 0 Å². The molecule has 0 aromatic carbocycles. The van der Waals surface area contributed by atoms with Crippen LogP contribution in [0.15, 0.2) is 0 Å². The molecule has 2 fully saturated rings. The lowest BCUT2D eigenvalue weighted by Crippen LogP contribution is -2.42. The first-order valence-electron chi connectivity index (χ1n) is 5.77. The molecule has 1 aliphatic carbocycles. The van der Waals surface area contributed by atoms with E-state index < -0.39 is 0 Å². The van der Waals surface area contributed by atoms with Gasteiger partial charge < -0.3 is 10.6 Å². The molecular formula is C11H22N2. The average molecular weight is 182 g/mol. The normalized spacial score (nSPS) is 32.5. The van der Waals surface area contributed by atoms with Gasteiger partial charge in [-0.15, -0.1) is 0 Å². The van der Waals surface area contributed by atoms with Crippen molar-refractivity contribution in [2.75, 3.05) is 13.1 Å². The van der Waals surface area contributed by atoms with Crippen molar-refractivity contribution in [1.29, 1.82) is 0 Å². The summed E-state index contributed by atoms with van der Waals surface area (Å²) in [7, 11) is 0. The maximum absolute atomic E-state index is 3.67. The van der Waals surface area contributed by atoms with Gasteiger partial charge in [-0.25, -0.2) is 0 Å². The second kappa shape index (κ2) is 3.97. The molecule has 1 saturated heterocycles. The van der Waals surface area contributed by atoms with Gasteiger partial charge in [0.15, 0.2) is 0 Å². The Labute approximate surface area is 81.5 Å². The Bertz CT molecular complexity index is 155. The molecule has 0 aromatic rings. The zero-order valence-corrected chi connectivity index (χ0v) is 8.73. The summed E-state index contributed by atoms with van der Waals surface area (Å²) in [5.74, 6) is 0. The maximum Gasteiger partial charge on any atom is 0.0192 e. The van der Waals surface area contributed by atoms with E-state index in [0.717, 1.165) is 6.04 Å². The molecule has 2 N–H and O–H groups in total. The quantitative estimate of drug-likeness (QED) is 0.693. The molecule has 1 aliphatic heterocycles. The van der Waals surface area contributed by atoms with Gasteiger partial charge in [0.25, 0.3) is 0 Å². The summed E-state index contributed by atoms with van der Waals surface area (Å²) in [5.41, 5.74) is 0.508. The minimum Gasteiger partial charge on any atom is -0.313 e. The van der Waals surface area contributed by atoms with Gasteiger partial charge >= 0.3 is 0 Å². The molecule has 2 heteroatoms. The molecular weight excluding hydrogens is 160 g/mol. The molecule has 0 bridgehead atoms. The van der Waals surface area contributed by atoms with E-state index in [0.29, 0.717) is 5.54 Å². The molecule has 1 atom stereocenters. The summed E-state index contributed by atoms with van der Waals surface area (Å²) in [6.07, 6.45) is 8.31. The summed E-state index contributed by atoms with van der Waals surface area (Å²) in [4.78, 5) is 0. The van der Waals surface area contributed by atoms with E-state index in [1.807, 2.05) is 0 Å². The van der Waals surface area contributed by atoms with Gasteiger partial charge in [-0.3, -0.25) is 0 Å². The molecule has 1 heterocycles. The number of nitrogens with one attached hydrogen (secondary N) is 2. The van der Waals surface area contributed by atoms with Crippen LogP contribution in [-0.4, -0.2) is 24.7 Å². The highest BCUT2D eigenvalue weighted by molar-refractivity contribution is 4.98. The van der Waals surface area contributed by atoms with Crippen molar-refractivity contribution in [1.82, 2.24) is 10.6 Å². The van der Waals surface area contributed by atoms with E-state index in [-0.39, 0.29) is 0 Å². The molecule has 1 saturated carbocycles. The third-order valence-electron chi connectivity index (χ3n) is 3.44. The van der Waals surface area contributed by atoms with Crippen LogP contribution < -0.4 is 10.6 Å². The maximum atomic E-state index is 3.67. The van der Waals surface area contributed by atoms with Gasteiger partial charge in [0, 0.05) is 18.1 Å². The lowest BCUT2D eigenvalue weighted by molar-refractivity contribution is 0.430. The highest BCUT2D eigenvalue weighted by Gasteiger charge is 2.36. The average Bonchev–Trinajstić information content (AvgIpc) is 2.87. The Kier molecular flexibility index (Phi) is 2.89. The lowest BCUT2D eigenvalue weighted by atomic mass is 10.1. The molecule has 0 aromatic heterocycles. The van der Waals surface area contributed by atoms with Gasteiger partial charge in [0.2, 0.25) is 0 Å². The fraction of sp³-hybridized carbons (Fsp3) is 1.00. The second-order valence-electron chi connectivity index (χ2n) is 4.94. The smallest absolute Gasteiger partial charge is 0.0192 e. The van der Waals surface area contributed by atoms with E-state index in [9.17, 15) is 0 Å². The van der Waals surface area contributed by atoms with Crippen molar-refractivity contribution in [2.45, 2.75) is 57.0 Å². The van der Waals surface area contributed by atoms with Crippen molar-refractivity contribution in [2.24, 2.45) is 0 Å². The first kappa shape index (κ1) is 9.47. The number of hydrogen-bond donors (Lipinski definition) is 2. The summed E-state index contributed by atoms with van der Waals surface area (Å²) in [5, 5.41) is 7.29. The largest absolute Gasteiger partial charge is 0.313 e. The fourth-order valence-electron chi connectivity index (χ4n) is 2.01. The van der Waals surface area contributed by atoms with Crippen LogP contribution in [-0.2, 0) is 0 Å². The molecule has 1 unspecified atom stereocenters. The Balaban J connectivity index is 1.67. The Morgan fingerprint density at radius 3 is 2.92 bits per heavy atom. The first-order valence-corrected chi connectivity index (χ1v) is 5.77. The van der Waals surface area contributed by atoms with E-state index >= 15 is 0 Å². The van der Waals surface area contributed by atoms with Crippen LogP contribution >= 0.6 is 0 Å². The molecule has 0 amide bonds. The van der Waals surface area contributed by atoms with Crippen molar-refractivity contribution in [3.05, 3.63) is 0 Å². The van der Waals surface area contributed by atoms with Gasteiger partial charge in [-0.1, -0.05) is 12.8 Å². The van der Waals surface area contributed by atoms with Crippen LogP contribution in [0.5, 0.6) is 0 Å². The highest BCUT2D eigenvalue weighted by Crippen LogP contribution is 2.34. The standard InChI is InChI=1S/C11H22N2/c1-11(6-7-11)13-9-10-5-3-2-4-8-12-10/h10,12-13H,2-9H2,1H3. The van der Waals surface area contributed by atoms with Crippen LogP contribution in [0.2, 0.25) is 0 Å². The van der Waals surface area contributed by atoms with Gasteiger partial charge in [-0.2, -0.15) is 0 Å². The Hall–Kier alpha value is -0.0800. The van der Waals surface area contributed by atoms with Crippen molar-refractivity contribution in [3.63, 3.8) is 0 Å².